The quantitative estimate of drug-likeness (QED) is 0.742. The van der Waals surface area contributed by atoms with Gasteiger partial charge in [0, 0.05) is 11.8 Å². The van der Waals surface area contributed by atoms with Gasteiger partial charge in [0.05, 0.1) is 0 Å². The number of carbonyl (C=O) groups is 1. The van der Waals surface area contributed by atoms with E-state index in [-0.39, 0.29) is 18.3 Å². The first-order chi connectivity index (χ1) is 8.74. The van der Waals surface area contributed by atoms with E-state index in [1.807, 2.05) is 0 Å². The Morgan fingerprint density at radius 2 is 2.17 bits per heavy atom. The molecule has 0 saturated heterocycles. The SMILES string of the molecule is O=C(O)c1n[nH]nc1Nc1ccc2c(c1)OCO2. The lowest BCUT2D eigenvalue weighted by atomic mass is 10.2. The van der Waals surface area contributed by atoms with Crippen molar-refractivity contribution in [3.8, 4) is 11.5 Å². The van der Waals surface area contributed by atoms with Crippen molar-refractivity contribution in [3.05, 3.63) is 23.9 Å². The van der Waals surface area contributed by atoms with Crippen LogP contribution >= 0.6 is 0 Å². The maximum Gasteiger partial charge on any atom is 0.360 e. The van der Waals surface area contributed by atoms with Gasteiger partial charge in [0.15, 0.2) is 17.3 Å². The van der Waals surface area contributed by atoms with Crippen LogP contribution in [0.5, 0.6) is 11.5 Å². The molecule has 0 atom stereocenters. The molecule has 2 heterocycles. The lowest BCUT2D eigenvalue weighted by Crippen LogP contribution is -2.02. The molecule has 0 radical (unpaired) electrons. The number of hydrogen-bond acceptors (Lipinski definition) is 6. The number of aromatic nitrogens is 3. The number of nitrogens with one attached hydrogen (secondary N) is 2. The summed E-state index contributed by atoms with van der Waals surface area (Å²) in [5, 5.41) is 21.2. The fraction of sp³-hybridized carbons (Fsp3) is 0.100. The summed E-state index contributed by atoms with van der Waals surface area (Å²) in [4.78, 5) is 10.9. The molecule has 1 aromatic carbocycles. The minimum absolute atomic E-state index is 0.140. The molecular weight excluding hydrogens is 240 g/mol. The second-order valence-corrected chi connectivity index (χ2v) is 3.52. The Balaban J connectivity index is 1.88. The van der Waals surface area contributed by atoms with Crippen molar-refractivity contribution in [2.24, 2.45) is 0 Å². The van der Waals surface area contributed by atoms with Crippen LogP contribution in [-0.2, 0) is 0 Å². The number of fused-ring (bicyclic) bond motifs is 1. The monoisotopic (exact) mass is 248 g/mol. The molecule has 0 fully saturated rings. The summed E-state index contributed by atoms with van der Waals surface area (Å²) in [5.41, 5.74) is 0.461. The number of nitrogens with zero attached hydrogens (tertiary/aromatic N) is 2. The van der Waals surface area contributed by atoms with Crippen molar-refractivity contribution >= 4 is 17.5 Å². The predicted octanol–water partition coefficient (Wildman–Crippen LogP) is 0.975. The number of carboxylic acid groups (broad SMARTS) is 1. The minimum atomic E-state index is -1.16. The molecule has 0 aliphatic carbocycles. The van der Waals surface area contributed by atoms with Crippen LogP contribution in [0.25, 0.3) is 0 Å². The molecule has 92 valence electrons. The number of carboxylic acids is 1. The maximum absolute atomic E-state index is 10.9. The van der Waals surface area contributed by atoms with E-state index in [4.69, 9.17) is 14.6 Å². The lowest BCUT2D eigenvalue weighted by molar-refractivity contribution is 0.0691. The smallest absolute Gasteiger partial charge is 0.360 e. The van der Waals surface area contributed by atoms with Crippen molar-refractivity contribution in [2.75, 3.05) is 12.1 Å². The van der Waals surface area contributed by atoms with Gasteiger partial charge in [-0.05, 0) is 12.1 Å². The Labute approximate surface area is 101 Å². The zero-order valence-electron chi connectivity index (χ0n) is 9.01. The molecule has 0 saturated carbocycles. The summed E-state index contributed by atoms with van der Waals surface area (Å²) >= 11 is 0. The molecule has 18 heavy (non-hydrogen) atoms. The van der Waals surface area contributed by atoms with Crippen molar-refractivity contribution in [1.82, 2.24) is 15.4 Å². The number of aromatic carboxylic acids is 1. The molecule has 8 nitrogen and oxygen atoms in total. The average Bonchev–Trinajstić information content (AvgIpc) is 2.96. The highest BCUT2D eigenvalue weighted by Gasteiger charge is 2.17. The van der Waals surface area contributed by atoms with E-state index >= 15 is 0 Å². The minimum Gasteiger partial charge on any atom is -0.476 e. The van der Waals surface area contributed by atoms with E-state index in [2.05, 4.69) is 20.7 Å². The van der Waals surface area contributed by atoms with Gasteiger partial charge in [0.2, 0.25) is 12.5 Å². The summed E-state index contributed by atoms with van der Waals surface area (Å²) in [6.45, 7) is 0.184. The molecule has 1 aliphatic heterocycles. The first kappa shape index (κ1) is 10.4. The van der Waals surface area contributed by atoms with Crippen LogP contribution in [0.4, 0.5) is 11.5 Å². The van der Waals surface area contributed by atoms with E-state index in [0.29, 0.717) is 17.2 Å². The average molecular weight is 248 g/mol. The van der Waals surface area contributed by atoms with Gasteiger partial charge in [-0.3, -0.25) is 0 Å². The molecule has 2 aromatic rings. The number of hydrogen-bond donors (Lipinski definition) is 3. The topological polar surface area (TPSA) is 109 Å². The number of ether oxygens (including phenoxy) is 2. The summed E-state index contributed by atoms with van der Waals surface area (Å²) in [7, 11) is 0. The number of aromatic amines is 1. The summed E-state index contributed by atoms with van der Waals surface area (Å²) in [6, 6.07) is 5.15. The largest absolute Gasteiger partial charge is 0.476 e. The number of benzene rings is 1. The van der Waals surface area contributed by atoms with Crippen molar-refractivity contribution in [3.63, 3.8) is 0 Å². The second-order valence-electron chi connectivity index (χ2n) is 3.52. The van der Waals surface area contributed by atoms with Crippen LogP contribution < -0.4 is 14.8 Å². The van der Waals surface area contributed by atoms with E-state index in [1.54, 1.807) is 18.2 Å². The Hall–Kier alpha value is -2.77. The van der Waals surface area contributed by atoms with E-state index in [9.17, 15) is 4.79 Å². The van der Waals surface area contributed by atoms with Gasteiger partial charge >= 0.3 is 5.97 Å². The van der Waals surface area contributed by atoms with Gasteiger partial charge in [0.25, 0.3) is 0 Å². The molecule has 1 aromatic heterocycles. The van der Waals surface area contributed by atoms with Gasteiger partial charge < -0.3 is 19.9 Å². The van der Waals surface area contributed by atoms with E-state index in [1.165, 1.54) is 0 Å². The van der Waals surface area contributed by atoms with Crippen LogP contribution in [0.3, 0.4) is 0 Å². The zero-order valence-corrected chi connectivity index (χ0v) is 9.01. The maximum atomic E-state index is 10.9. The molecule has 0 spiro atoms. The first-order valence-corrected chi connectivity index (χ1v) is 5.05. The third-order valence-electron chi connectivity index (χ3n) is 2.39. The Kier molecular flexibility index (Phi) is 2.26. The fourth-order valence-electron chi connectivity index (χ4n) is 1.58. The Morgan fingerprint density at radius 1 is 1.33 bits per heavy atom. The van der Waals surface area contributed by atoms with Crippen LogP contribution in [0.2, 0.25) is 0 Å². The fourth-order valence-corrected chi connectivity index (χ4v) is 1.58. The highest BCUT2D eigenvalue weighted by atomic mass is 16.7. The third-order valence-corrected chi connectivity index (χ3v) is 2.39. The molecule has 1 aliphatic rings. The normalized spacial score (nSPS) is 12.4. The van der Waals surface area contributed by atoms with Crippen molar-refractivity contribution < 1.29 is 19.4 Å². The van der Waals surface area contributed by atoms with Crippen molar-refractivity contribution in [1.29, 1.82) is 0 Å². The molecule has 0 unspecified atom stereocenters. The van der Waals surface area contributed by atoms with Gasteiger partial charge in [-0.2, -0.15) is 5.21 Å². The second kappa shape index (κ2) is 3.91. The standard InChI is InChI=1S/C10H8N4O4/c15-10(16)8-9(13-14-12-8)11-5-1-2-6-7(3-5)18-4-17-6/h1-3H,4H2,(H,15,16)(H2,11,12,13,14). The third kappa shape index (κ3) is 1.69. The van der Waals surface area contributed by atoms with Gasteiger partial charge in [-0.25, -0.2) is 4.79 Å². The Morgan fingerprint density at radius 3 is 3.00 bits per heavy atom. The van der Waals surface area contributed by atoms with Gasteiger partial charge in [0.1, 0.15) is 0 Å². The van der Waals surface area contributed by atoms with Crippen LogP contribution in [0.15, 0.2) is 18.2 Å². The Bertz CT molecular complexity index is 610. The first-order valence-electron chi connectivity index (χ1n) is 5.05. The highest BCUT2D eigenvalue weighted by Crippen LogP contribution is 2.35. The zero-order chi connectivity index (χ0) is 12.5. The predicted molar refractivity (Wildman–Crippen MR) is 59.2 cm³/mol. The van der Waals surface area contributed by atoms with Crippen LogP contribution in [0.1, 0.15) is 10.5 Å². The molecule has 0 amide bonds. The molecule has 3 rings (SSSR count). The summed E-state index contributed by atoms with van der Waals surface area (Å²) < 4.78 is 10.4. The van der Waals surface area contributed by atoms with E-state index in [0.717, 1.165) is 0 Å². The molecule has 0 bridgehead atoms. The lowest BCUT2D eigenvalue weighted by Gasteiger charge is -2.04. The van der Waals surface area contributed by atoms with Crippen molar-refractivity contribution in [2.45, 2.75) is 0 Å². The number of anilines is 2. The molecule has 3 N–H and O–H groups in total. The highest BCUT2D eigenvalue weighted by molar-refractivity contribution is 5.91. The van der Waals surface area contributed by atoms with Crippen LogP contribution in [0, 0.1) is 0 Å². The van der Waals surface area contributed by atoms with Crippen LogP contribution in [-0.4, -0.2) is 33.3 Å². The molecular formula is C10H8N4O4. The van der Waals surface area contributed by atoms with Gasteiger partial charge in [-0.15, -0.1) is 10.2 Å². The summed E-state index contributed by atoms with van der Waals surface area (Å²) in [5.74, 6) is 0.230. The summed E-state index contributed by atoms with van der Waals surface area (Å²) in [6.07, 6.45) is 0. The molecule has 8 heteroatoms. The number of H-pyrrole nitrogens is 1. The van der Waals surface area contributed by atoms with E-state index < -0.39 is 5.97 Å². The number of rotatable bonds is 3. The van der Waals surface area contributed by atoms with Gasteiger partial charge in [-0.1, -0.05) is 0 Å².